The molecule has 0 aromatic heterocycles. The molecule has 1 aromatic carbocycles. The van der Waals surface area contributed by atoms with Crippen molar-refractivity contribution in [2.75, 3.05) is 6.54 Å². The molecule has 1 amide bonds. The third-order valence-electron chi connectivity index (χ3n) is 5.51. The summed E-state index contributed by atoms with van der Waals surface area (Å²) in [6.07, 6.45) is 9.22. The third kappa shape index (κ3) is 4.48. The molecule has 0 radical (unpaired) electrons. The zero-order chi connectivity index (χ0) is 15.4. The van der Waals surface area contributed by atoms with E-state index in [4.69, 9.17) is 5.73 Å². The van der Waals surface area contributed by atoms with Gasteiger partial charge >= 0.3 is 0 Å². The van der Waals surface area contributed by atoms with Gasteiger partial charge in [0.1, 0.15) is 0 Å². The van der Waals surface area contributed by atoms with Crippen molar-refractivity contribution in [2.45, 2.75) is 57.4 Å². The largest absolute Gasteiger partial charge is 0.351 e. The molecule has 2 aliphatic rings. The van der Waals surface area contributed by atoms with Crippen LogP contribution in [-0.4, -0.2) is 18.5 Å². The molecule has 1 unspecified atom stereocenters. The van der Waals surface area contributed by atoms with Crippen molar-refractivity contribution in [2.24, 2.45) is 17.1 Å². The lowest BCUT2D eigenvalue weighted by atomic mass is 9.83. The molecular formula is C19H29ClN2O. The fourth-order valence-electron chi connectivity index (χ4n) is 3.85. The topological polar surface area (TPSA) is 55.1 Å². The van der Waals surface area contributed by atoms with E-state index in [1.807, 2.05) is 18.2 Å². The zero-order valence-electron chi connectivity index (χ0n) is 13.8. The summed E-state index contributed by atoms with van der Waals surface area (Å²) in [4.78, 5) is 12.8. The van der Waals surface area contributed by atoms with E-state index in [1.165, 1.54) is 37.7 Å². The molecular weight excluding hydrogens is 308 g/mol. The van der Waals surface area contributed by atoms with Gasteiger partial charge in [-0.05, 0) is 43.6 Å². The molecule has 0 saturated heterocycles. The van der Waals surface area contributed by atoms with Crippen LogP contribution in [-0.2, 0) is 11.2 Å². The summed E-state index contributed by atoms with van der Waals surface area (Å²) in [5.41, 5.74) is 7.05. The number of hydrogen-bond donors (Lipinski definition) is 2. The standard InChI is InChI=1S/C19H28N2O.ClH/c20-14-17(16-9-5-2-6-10-16)21-18(22)19(11-12-19)13-15-7-3-1-4-8-15;/h1,3-4,7-8,16-17H,2,5-6,9-14,20H2,(H,21,22);1H. The Bertz CT molecular complexity index is 495. The zero-order valence-corrected chi connectivity index (χ0v) is 14.6. The van der Waals surface area contributed by atoms with Crippen molar-refractivity contribution >= 4 is 18.3 Å². The van der Waals surface area contributed by atoms with Crippen LogP contribution < -0.4 is 11.1 Å². The number of hydrogen-bond acceptors (Lipinski definition) is 2. The average molecular weight is 337 g/mol. The van der Waals surface area contributed by atoms with Crippen LogP contribution in [0, 0.1) is 11.3 Å². The van der Waals surface area contributed by atoms with Gasteiger partial charge in [0, 0.05) is 12.6 Å². The van der Waals surface area contributed by atoms with Gasteiger partial charge < -0.3 is 11.1 Å². The molecule has 1 aromatic rings. The van der Waals surface area contributed by atoms with Gasteiger partial charge in [-0.2, -0.15) is 0 Å². The number of carbonyl (C=O) groups excluding carboxylic acids is 1. The molecule has 2 saturated carbocycles. The first-order valence-electron chi connectivity index (χ1n) is 8.78. The number of amides is 1. The van der Waals surface area contributed by atoms with Crippen LogP contribution in [0.2, 0.25) is 0 Å². The molecule has 3 rings (SSSR count). The third-order valence-corrected chi connectivity index (χ3v) is 5.51. The van der Waals surface area contributed by atoms with Crippen molar-refractivity contribution in [3.63, 3.8) is 0 Å². The fraction of sp³-hybridized carbons (Fsp3) is 0.632. The van der Waals surface area contributed by atoms with E-state index in [0.717, 1.165) is 19.3 Å². The SMILES string of the molecule is Cl.NCC(NC(=O)C1(Cc2ccccc2)CC1)C1CCCCC1. The second kappa shape index (κ2) is 8.16. The molecule has 1 atom stereocenters. The van der Waals surface area contributed by atoms with Crippen molar-refractivity contribution < 1.29 is 4.79 Å². The quantitative estimate of drug-likeness (QED) is 0.836. The molecule has 128 valence electrons. The molecule has 3 nitrogen and oxygen atoms in total. The van der Waals surface area contributed by atoms with Crippen LogP contribution in [0.15, 0.2) is 30.3 Å². The first-order chi connectivity index (χ1) is 10.7. The fourth-order valence-corrected chi connectivity index (χ4v) is 3.85. The van der Waals surface area contributed by atoms with Gasteiger partial charge in [0.15, 0.2) is 0 Å². The van der Waals surface area contributed by atoms with E-state index >= 15 is 0 Å². The van der Waals surface area contributed by atoms with Crippen LogP contribution in [0.1, 0.15) is 50.5 Å². The highest BCUT2D eigenvalue weighted by Crippen LogP contribution is 2.48. The van der Waals surface area contributed by atoms with Gasteiger partial charge in [-0.3, -0.25) is 4.79 Å². The Hall–Kier alpha value is -1.06. The Kier molecular flexibility index (Phi) is 6.49. The number of halogens is 1. The van der Waals surface area contributed by atoms with E-state index in [-0.39, 0.29) is 29.8 Å². The predicted molar refractivity (Wildman–Crippen MR) is 96.6 cm³/mol. The highest BCUT2D eigenvalue weighted by Gasteiger charge is 2.50. The molecule has 0 bridgehead atoms. The van der Waals surface area contributed by atoms with Crippen LogP contribution in [0.4, 0.5) is 0 Å². The summed E-state index contributed by atoms with van der Waals surface area (Å²) in [5, 5.41) is 3.30. The smallest absolute Gasteiger partial charge is 0.226 e. The van der Waals surface area contributed by atoms with E-state index in [1.54, 1.807) is 0 Å². The van der Waals surface area contributed by atoms with Gasteiger partial charge in [0.05, 0.1) is 5.41 Å². The first kappa shape index (κ1) is 18.3. The highest BCUT2D eigenvalue weighted by molar-refractivity contribution is 5.86. The van der Waals surface area contributed by atoms with Crippen molar-refractivity contribution in [1.29, 1.82) is 0 Å². The summed E-state index contributed by atoms with van der Waals surface area (Å²) in [6, 6.07) is 10.5. The Morgan fingerprint density at radius 3 is 2.39 bits per heavy atom. The maximum Gasteiger partial charge on any atom is 0.226 e. The van der Waals surface area contributed by atoms with Crippen LogP contribution in [0.3, 0.4) is 0 Å². The van der Waals surface area contributed by atoms with Gasteiger partial charge in [-0.15, -0.1) is 12.4 Å². The van der Waals surface area contributed by atoms with Crippen LogP contribution in [0.5, 0.6) is 0 Å². The maximum atomic E-state index is 12.8. The Morgan fingerprint density at radius 2 is 1.83 bits per heavy atom. The first-order valence-corrected chi connectivity index (χ1v) is 8.78. The Morgan fingerprint density at radius 1 is 1.17 bits per heavy atom. The van der Waals surface area contributed by atoms with Gasteiger partial charge in [0.25, 0.3) is 0 Å². The van der Waals surface area contributed by atoms with E-state index in [2.05, 4.69) is 17.4 Å². The number of nitrogens with one attached hydrogen (secondary N) is 1. The average Bonchev–Trinajstić information content (AvgIpc) is 3.35. The second-order valence-electron chi connectivity index (χ2n) is 7.16. The lowest BCUT2D eigenvalue weighted by Crippen LogP contribution is -2.48. The lowest BCUT2D eigenvalue weighted by Gasteiger charge is -2.31. The molecule has 0 aliphatic heterocycles. The molecule has 2 aliphatic carbocycles. The number of carbonyl (C=O) groups is 1. The Labute approximate surface area is 145 Å². The normalized spacial score (nSPS) is 21.1. The molecule has 2 fully saturated rings. The maximum absolute atomic E-state index is 12.8. The molecule has 4 heteroatoms. The van der Waals surface area contributed by atoms with E-state index < -0.39 is 0 Å². The lowest BCUT2D eigenvalue weighted by molar-refractivity contribution is -0.127. The minimum Gasteiger partial charge on any atom is -0.351 e. The van der Waals surface area contributed by atoms with Crippen molar-refractivity contribution in [1.82, 2.24) is 5.32 Å². The molecule has 0 heterocycles. The minimum atomic E-state index is -0.163. The van der Waals surface area contributed by atoms with Gasteiger partial charge in [-0.1, -0.05) is 49.6 Å². The minimum absolute atomic E-state index is 0. The summed E-state index contributed by atoms with van der Waals surface area (Å²) in [6.45, 7) is 0.567. The molecule has 0 spiro atoms. The van der Waals surface area contributed by atoms with E-state index in [9.17, 15) is 4.79 Å². The number of nitrogens with two attached hydrogens (primary N) is 1. The van der Waals surface area contributed by atoms with Crippen molar-refractivity contribution in [3.05, 3.63) is 35.9 Å². The van der Waals surface area contributed by atoms with Crippen molar-refractivity contribution in [3.8, 4) is 0 Å². The summed E-state index contributed by atoms with van der Waals surface area (Å²) in [7, 11) is 0. The highest BCUT2D eigenvalue weighted by atomic mass is 35.5. The summed E-state index contributed by atoms with van der Waals surface area (Å²) in [5.74, 6) is 0.813. The monoisotopic (exact) mass is 336 g/mol. The predicted octanol–water partition coefficient (Wildman–Crippen LogP) is 3.45. The number of benzene rings is 1. The Balaban J connectivity index is 0.00000192. The second-order valence-corrected chi connectivity index (χ2v) is 7.16. The number of rotatable bonds is 6. The van der Waals surface area contributed by atoms with Crippen LogP contribution in [0.25, 0.3) is 0 Å². The summed E-state index contributed by atoms with van der Waals surface area (Å²) >= 11 is 0. The summed E-state index contributed by atoms with van der Waals surface area (Å²) < 4.78 is 0. The van der Waals surface area contributed by atoms with Crippen LogP contribution >= 0.6 is 12.4 Å². The molecule has 3 N–H and O–H groups in total. The molecule has 23 heavy (non-hydrogen) atoms. The van der Waals surface area contributed by atoms with Gasteiger partial charge in [-0.25, -0.2) is 0 Å². The van der Waals surface area contributed by atoms with Gasteiger partial charge in [0.2, 0.25) is 5.91 Å². The van der Waals surface area contributed by atoms with E-state index in [0.29, 0.717) is 12.5 Å².